The van der Waals surface area contributed by atoms with E-state index in [0.717, 1.165) is 9.86 Å². The third kappa shape index (κ3) is 4.78. The molecule has 1 fully saturated rings. The number of amides is 1. The Morgan fingerprint density at radius 1 is 1.23 bits per heavy atom. The number of fused-ring (bicyclic) bond motifs is 1. The van der Waals surface area contributed by atoms with Gasteiger partial charge in [-0.2, -0.15) is 0 Å². The Morgan fingerprint density at radius 3 is 2.57 bits per heavy atom. The molecule has 0 aliphatic carbocycles. The molecule has 1 aliphatic heterocycles. The van der Waals surface area contributed by atoms with Crippen molar-refractivity contribution in [1.29, 1.82) is 0 Å². The van der Waals surface area contributed by atoms with E-state index >= 15 is 0 Å². The number of aryl methyl sites for hydroxylation is 1. The standard InChI is InChI=1S/C20H24BrClN4O4/c1-11-23-15-9-14(22)13(21)8-12(15)17(24-11)25-6-7-26(16(10-25)18(27)29-5)19(28)30-20(2,3)4/h8-9,16H,6-7,10H2,1-5H3. The average Bonchev–Trinajstić information content (AvgIpc) is 2.66. The van der Waals surface area contributed by atoms with Gasteiger partial charge < -0.3 is 14.4 Å². The Bertz CT molecular complexity index is 995. The molecule has 10 heteroatoms. The number of halogens is 2. The zero-order chi connectivity index (χ0) is 22.2. The number of hydrogen-bond donors (Lipinski definition) is 0. The molecule has 2 heterocycles. The number of esters is 1. The minimum absolute atomic E-state index is 0.220. The summed E-state index contributed by atoms with van der Waals surface area (Å²) in [6.07, 6.45) is -0.546. The molecule has 0 saturated carbocycles. The summed E-state index contributed by atoms with van der Waals surface area (Å²) in [7, 11) is 1.30. The van der Waals surface area contributed by atoms with Crippen LogP contribution >= 0.6 is 27.5 Å². The monoisotopic (exact) mass is 498 g/mol. The van der Waals surface area contributed by atoms with E-state index in [-0.39, 0.29) is 13.1 Å². The number of rotatable bonds is 2. The van der Waals surface area contributed by atoms with Gasteiger partial charge in [0.15, 0.2) is 6.04 Å². The second-order valence-electron chi connectivity index (χ2n) is 8.04. The number of piperazine rings is 1. The lowest BCUT2D eigenvalue weighted by atomic mass is 10.1. The van der Waals surface area contributed by atoms with Crippen LogP contribution in [0.25, 0.3) is 10.9 Å². The number of anilines is 1. The van der Waals surface area contributed by atoms with E-state index in [1.165, 1.54) is 12.0 Å². The minimum Gasteiger partial charge on any atom is -0.467 e. The fourth-order valence-electron chi connectivity index (χ4n) is 3.31. The largest absolute Gasteiger partial charge is 0.467 e. The van der Waals surface area contributed by atoms with Crippen LogP contribution in [0.4, 0.5) is 10.6 Å². The van der Waals surface area contributed by atoms with Crippen LogP contribution in [0.3, 0.4) is 0 Å². The van der Waals surface area contributed by atoms with Crippen LogP contribution in [-0.4, -0.2) is 65.3 Å². The van der Waals surface area contributed by atoms with Crippen molar-refractivity contribution in [2.45, 2.75) is 39.3 Å². The molecule has 3 rings (SSSR count). The highest BCUT2D eigenvalue weighted by molar-refractivity contribution is 9.10. The summed E-state index contributed by atoms with van der Waals surface area (Å²) in [6.45, 7) is 8.13. The van der Waals surface area contributed by atoms with Gasteiger partial charge in [0, 0.05) is 22.9 Å². The van der Waals surface area contributed by atoms with E-state index in [1.54, 1.807) is 33.8 Å². The molecule has 0 radical (unpaired) electrons. The van der Waals surface area contributed by atoms with Gasteiger partial charge in [-0.15, -0.1) is 0 Å². The normalized spacial score (nSPS) is 17.2. The van der Waals surface area contributed by atoms with Crippen LogP contribution in [-0.2, 0) is 14.3 Å². The number of hydrogen-bond acceptors (Lipinski definition) is 7. The number of aromatic nitrogens is 2. The summed E-state index contributed by atoms with van der Waals surface area (Å²) in [5.41, 5.74) is 0.0373. The highest BCUT2D eigenvalue weighted by atomic mass is 79.9. The molecule has 162 valence electrons. The molecule has 1 amide bonds. The van der Waals surface area contributed by atoms with Gasteiger partial charge in [-0.05, 0) is 55.8 Å². The lowest BCUT2D eigenvalue weighted by molar-refractivity contribution is -0.147. The second-order valence-corrected chi connectivity index (χ2v) is 9.30. The van der Waals surface area contributed by atoms with Crippen LogP contribution < -0.4 is 4.90 Å². The minimum atomic E-state index is -0.820. The molecule has 30 heavy (non-hydrogen) atoms. The fourth-order valence-corrected chi connectivity index (χ4v) is 3.82. The average molecular weight is 500 g/mol. The van der Waals surface area contributed by atoms with Crippen molar-refractivity contribution in [1.82, 2.24) is 14.9 Å². The first-order valence-electron chi connectivity index (χ1n) is 9.46. The summed E-state index contributed by atoms with van der Waals surface area (Å²) < 4.78 is 11.2. The van der Waals surface area contributed by atoms with Gasteiger partial charge in [0.25, 0.3) is 0 Å². The molecule has 2 aromatic rings. The van der Waals surface area contributed by atoms with Crippen molar-refractivity contribution in [2.24, 2.45) is 0 Å². The van der Waals surface area contributed by atoms with Crippen LogP contribution in [0.5, 0.6) is 0 Å². The number of nitrogens with zero attached hydrogens (tertiary/aromatic N) is 4. The zero-order valence-corrected chi connectivity index (χ0v) is 19.9. The van der Waals surface area contributed by atoms with Gasteiger partial charge in [-0.1, -0.05) is 11.6 Å². The Labute approximate surface area is 188 Å². The summed E-state index contributed by atoms with van der Waals surface area (Å²) in [5.74, 6) is 0.748. The SMILES string of the molecule is COC(=O)C1CN(c2nc(C)nc3cc(Cl)c(Br)cc23)CCN1C(=O)OC(C)(C)C. The first-order chi connectivity index (χ1) is 14.0. The maximum Gasteiger partial charge on any atom is 0.411 e. The Hall–Kier alpha value is -2.13. The van der Waals surface area contributed by atoms with E-state index in [9.17, 15) is 9.59 Å². The van der Waals surface area contributed by atoms with Gasteiger partial charge >= 0.3 is 12.1 Å². The summed E-state index contributed by atoms with van der Waals surface area (Å²) in [6, 6.07) is 2.81. The predicted molar refractivity (Wildman–Crippen MR) is 118 cm³/mol. The first-order valence-corrected chi connectivity index (χ1v) is 10.6. The van der Waals surface area contributed by atoms with E-state index < -0.39 is 23.7 Å². The molecule has 0 N–H and O–H groups in total. The van der Waals surface area contributed by atoms with Crippen molar-refractivity contribution in [2.75, 3.05) is 31.6 Å². The van der Waals surface area contributed by atoms with Crippen molar-refractivity contribution in [3.05, 3.63) is 27.5 Å². The second kappa shape index (κ2) is 8.55. The predicted octanol–water partition coefficient (Wildman–Crippen LogP) is 3.95. The van der Waals surface area contributed by atoms with E-state index in [0.29, 0.717) is 28.7 Å². The van der Waals surface area contributed by atoms with Crippen LogP contribution in [0, 0.1) is 6.92 Å². The van der Waals surface area contributed by atoms with Crippen molar-refractivity contribution >= 4 is 56.3 Å². The number of methoxy groups -OCH3 is 1. The van der Waals surface area contributed by atoms with E-state index in [4.69, 9.17) is 21.1 Å². The summed E-state index contributed by atoms with van der Waals surface area (Å²) in [5, 5.41) is 1.35. The lowest BCUT2D eigenvalue weighted by Crippen LogP contribution is -2.59. The van der Waals surface area contributed by atoms with E-state index in [1.807, 2.05) is 11.0 Å². The molecule has 8 nitrogen and oxygen atoms in total. The zero-order valence-electron chi connectivity index (χ0n) is 17.5. The molecule has 1 aromatic carbocycles. The first kappa shape index (κ1) is 22.6. The molecular formula is C20H24BrClN4O4. The van der Waals surface area contributed by atoms with E-state index in [2.05, 4.69) is 25.9 Å². The van der Waals surface area contributed by atoms with Crippen LogP contribution in [0.15, 0.2) is 16.6 Å². The van der Waals surface area contributed by atoms with Gasteiger partial charge in [0.1, 0.15) is 17.2 Å². The quantitative estimate of drug-likeness (QED) is 0.578. The van der Waals surface area contributed by atoms with Gasteiger partial charge in [-0.25, -0.2) is 19.6 Å². The third-order valence-corrected chi connectivity index (χ3v) is 5.81. The lowest BCUT2D eigenvalue weighted by Gasteiger charge is -2.40. The summed E-state index contributed by atoms with van der Waals surface area (Å²) in [4.78, 5) is 37.6. The topological polar surface area (TPSA) is 84.9 Å². The molecule has 1 atom stereocenters. The number of carbonyl (C=O) groups is 2. The molecular weight excluding hydrogens is 476 g/mol. The maximum atomic E-state index is 12.7. The Kier molecular flexibility index (Phi) is 6.43. The Morgan fingerprint density at radius 2 is 1.93 bits per heavy atom. The molecule has 1 unspecified atom stereocenters. The third-order valence-electron chi connectivity index (χ3n) is 4.61. The fraction of sp³-hybridized carbons (Fsp3) is 0.500. The van der Waals surface area contributed by atoms with Gasteiger partial charge in [-0.3, -0.25) is 4.90 Å². The van der Waals surface area contributed by atoms with Crippen LogP contribution in [0.2, 0.25) is 5.02 Å². The molecule has 1 aliphatic rings. The molecule has 1 saturated heterocycles. The number of benzene rings is 1. The molecule has 1 aromatic heterocycles. The Balaban J connectivity index is 1.97. The molecule has 0 bridgehead atoms. The highest BCUT2D eigenvalue weighted by Gasteiger charge is 2.39. The van der Waals surface area contributed by atoms with Crippen molar-refractivity contribution in [3.8, 4) is 0 Å². The summed E-state index contributed by atoms with van der Waals surface area (Å²) >= 11 is 9.67. The number of carbonyl (C=O) groups excluding carboxylic acids is 2. The smallest absolute Gasteiger partial charge is 0.411 e. The van der Waals surface area contributed by atoms with Crippen molar-refractivity contribution in [3.63, 3.8) is 0 Å². The number of ether oxygens (including phenoxy) is 2. The van der Waals surface area contributed by atoms with Crippen LogP contribution in [0.1, 0.15) is 26.6 Å². The van der Waals surface area contributed by atoms with Crippen molar-refractivity contribution < 1.29 is 19.1 Å². The maximum absolute atomic E-state index is 12.7. The van der Waals surface area contributed by atoms with Gasteiger partial charge in [0.2, 0.25) is 0 Å². The van der Waals surface area contributed by atoms with Gasteiger partial charge in [0.05, 0.1) is 24.2 Å². The molecule has 0 spiro atoms. The highest BCUT2D eigenvalue weighted by Crippen LogP contribution is 2.33.